The first-order valence-corrected chi connectivity index (χ1v) is 11.3. The number of carbonyl (C=O) groups is 1. The molecular formula is C22H36N2O2. The van der Waals surface area contributed by atoms with E-state index in [0.29, 0.717) is 17.0 Å². The second kappa shape index (κ2) is 6.48. The lowest BCUT2D eigenvalue weighted by molar-refractivity contribution is -0.142. The van der Waals surface area contributed by atoms with Crippen molar-refractivity contribution >= 4 is 5.91 Å². The first-order valence-electron chi connectivity index (χ1n) is 11.3. The van der Waals surface area contributed by atoms with Crippen molar-refractivity contribution in [2.24, 2.45) is 17.3 Å². The smallest absolute Gasteiger partial charge is 0.251 e. The Morgan fingerprint density at radius 2 is 1.85 bits per heavy atom. The maximum Gasteiger partial charge on any atom is 0.251 e. The van der Waals surface area contributed by atoms with E-state index in [-0.39, 0.29) is 12.0 Å². The van der Waals surface area contributed by atoms with Gasteiger partial charge in [0.25, 0.3) is 5.91 Å². The van der Waals surface area contributed by atoms with E-state index in [2.05, 4.69) is 17.1 Å². The normalized spacial score (nSPS) is 45.4. The van der Waals surface area contributed by atoms with Gasteiger partial charge in [-0.2, -0.15) is 0 Å². The van der Waals surface area contributed by atoms with Crippen molar-refractivity contribution in [3.8, 4) is 0 Å². The number of nitrogens with zero attached hydrogens (tertiary/aromatic N) is 1. The van der Waals surface area contributed by atoms with Gasteiger partial charge in [-0.05, 0) is 81.5 Å². The van der Waals surface area contributed by atoms with Crippen molar-refractivity contribution in [3.63, 3.8) is 0 Å². The van der Waals surface area contributed by atoms with E-state index in [0.717, 1.165) is 57.2 Å². The molecule has 4 heteroatoms. The minimum absolute atomic E-state index is 0.146. The number of carbonyl (C=O) groups excluding carboxylic acids is 1. The summed E-state index contributed by atoms with van der Waals surface area (Å²) in [7, 11) is 0. The van der Waals surface area contributed by atoms with Crippen LogP contribution in [-0.4, -0.2) is 48.2 Å². The minimum atomic E-state index is -0.146. The lowest BCUT2D eigenvalue weighted by atomic mass is 9.46. The molecule has 6 fully saturated rings. The third-order valence-electron chi connectivity index (χ3n) is 8.45. The summed E-state index contributed by atoms with van der Waals surface area (Å²) < 4.78 is 5.60. The zero-order valence-electron chi connectivity index (χ0n) is 16.5. The molecule has 146 valence electrons. The molecule has 2 aliphatic heterocycles. The number of nitrogens with one attached hydrogen (secondary N) is 1. The van der Waals surface area contributed by atoms with Crippen LogP contribution in [-0.2, 0) is 9.53 Å². The molecule has 26 heavy (non-hydrogen) atoms. The average Bonchev–Trinajstić information content (AvgIpc) is 3.15. The van der Waals surface area contributed by atoms with Crippen LogP contribution in [0.15, 0.2) is 0 Å². The van der Waals surface area contributed by atoms with Gasteiger partial charge in [0.15, 0.2) is 0 Å². The number of ether oxygens (including phenoxy) is 1. The fourth-order valence-electron chi connectivity index (χ4n) is 7.69. The molecule has 4 bridgehead atoms. The van der Waals surface area contributed by atoms with Gasteiger partial charge in [-0.3, -0.25) is 4.79 Å². The van der Waals surface area contributed by atoms with Crippen molar-refractivity contribution in [1.29, 1.82) is 0 Å². The summed E-state index contributed by atoms with van der Waals surface area (Å²) in [6.45, 7) is 5.02. The highest BCUT2D eigenvalue weighted by Gasteiger charge is 2.57. The van der Waals surface area contributed by atoms with Gasteiger partial charge in [0.2, 0.25) is 0 Å². The van der Waals surface area contributed by atoms with Gasteiger partial charge < -0.3 is 15.0 Å². The Labute approximate surface area is 158 Å². The molecule has 0 radical (unpaired) electrons. The summed E-state index contributed by atoms with van der Waals surface area (Å²) in [6, 6.07) is 0.605. The Morgan fingerprint density at radius 1 is 1.12 bits per heavy atom. The van der Waals surface area contributed by atoms with Gasteiger partial charge in [0.05, 0.1) is 0 Å². The SMILES string of the molecule is CCC12CC3CC(C1)CC(NC1CCN(C(=O)C4CCCO4)CC1)(C3)C2. The molecule has 0 spiro atoms. The van der Waals surface area contributed by atoms with Crippen molar-refractivity contribution in [3.05, 3.63) is 0 Å². The third kappa shape index (κ3) is 3.01. The molecular weight excluding hydrogens is 324 g/mol. The van der Waals surface area contributed by atoms with Crippen LogP contribution in [0.2, 0.25) is 0 Å². The predicted octanol–water partition coefficient (Wildman–Crippen LogP) is 3.50. The summed E-state index contributed by atoms with van der Waals surface area (Å²) in [5.41, 5.74) is 1.07. The molecule has 4 nitrogen and oxygen atoms in total. The van der Waals surface area contributed by atoms with Crippen molar-refractivity contribution in [1.82, 2.24) is 10.2 Å². The van der Waals surface area contributed by atoms with Crippen LogP contribution in [0.25, 0.3) is 0 Å². The Morgan fingerprint density at radius 3 is 2.46 bits per heavy atom. The second-order valence-electron chi connectivity index (χ2n) is 10.3. The Hall–Kier alpha value is -0.610. The molecule has 2 heterocycles. The van der Waals surface area contributed by atoms with E-state index in [1.807, 2.05) is 0 Å². The first-order chi connectivity index (χ1) is 12.6. The fourth-order valence-corrected chi connectivity index (χ4v) is 7.69. The Balaban J connectivity index is 1.20. The summed E-state index contributed by atoms with van der Waals surface area (Å²) in [5.74, 6) is 2.20. The number of hydrogen-bond donors (Lipinski definition) is 1. The standard InChI is InChI=1S/C22H36N2O2/c1-2-21-11-16-10-17(12-21)14-22(13-16,15-21)23-18-5-7-24(8-6-18)20(25)19-4-3-9-26-19/h16-19,23H,2-15H2,1H3. The number of rotatable bonds is 4. The molecule has 0 aromatic heterocycles. The maximum absolute atomic E-state index is 12.6. The highest BCUT2D eigenvalue weighted by Crippen LogP contribution is 2.62. The largest absolute Gasteiger partial charge is 0.368 e. The fraction of sp³-hybridized carbons (Fsp3) is 0.955. The van der Waals surface area contributed by atoms with E-state index < -0.39 is 0 Å². The highest BCUT2D eigenvalue weighted by atomic mass is 16.5. The van der Waals surface area contributed by atoms with E-state index in [4.69, 9.17) is 4.74 Å². The number of amides is 1. The molecule has 2 saturated heterocycles. The van der Waals surface area contributed by atoms with Crippen LogP contribution in [0.1, 0.15) is 77.6 Å². The molecule has 4 aliphatic carbocycles. The summed E-state index contributed by atoms with van der Waals surface area (Å²) >= 11 is 0. The van der Waals surface area contributed by atoms with Crippen LogP contribution >= 0.6 is 0 Å². The summed E-state index contributed by atoms with van der Waals surface area (Å²) in [4.78, 5) is 14.6. The van der Waals surface area contributed by atoms with E-state index in [1.165, 1.54) is 44.9 Å². The Bertz CT molecular complexity index is 534. The maximum atomic E-state index is 12.6. The van der Waals surface area contributed by atoms with Crippen LogP contribution in [0.5, 0.6) is 0 Å². The molecule has 3 unspecified atom stereocenters. The van der Waals surface area contributed by atoms with Crippen LogP contribution in [0.4, 0.5) is 0 Å². The Kier molecular flexibility index (Phi) is 4.36. The number of piperidine rings is 1. The van der Waals surface area contributed by atoms with Crippen molar-refractivity contribution in [2.45, 2.75) is 95.2 Å². The summed E-state index contributed by atoms with van der Waals surface area (Å²) in [6.07, 6.45) is 14.2. The van der Waals surface area contributed by atoms with Gasteiger partial charge in [-0.1, -0.05) is 13.3 Å². The summed E-state index contributed by atoms with van der Waals surface area (Å²) in [5, 5.41) is 4.18. The van der Waals surface area contributed by atoms with Crippen molar-refractivity contribution < 1.29 is 9.53 Å². The molecule has 0 aromatic carbocycles. The lowest BCUT2D eigenvalue weighted by Crippen LogP contribution is -2.64. The lowest BCUT2D eigenvalue weighted by Gasteiger charge is -2.63. The molecule has 3 atom stereocenters. The minimum Gasteiger partial charge on any atom is -0.368 e. The monoisotopic (exact) mass is 360 g/mol. The molecule has 0 aromatic rings. The average molecular weight is 361 g/mol. The van der Waals surface area contributed by atoms with E-state index in [1.54, 1.807) is 0 Å². The number of hydrogen-bond acceptors (Lipinski definition) is 3. The molecule has 6 rings (SSSR count). The number of likely N-dealkylation sites (tertiary alicyclic amines) is 1. The molecule has 4 saturated carbocycles. The topological polar surface area (TPSA) is 41.6 Å². The van der Waals surface area contributed by atoms with Crippen LogP contribution < -0.4 is 5.32 Å². The van der Waals surface area contributed by atoms with Gasteiger partial charge in [-0.15, -0.1) is 0 Å². The van der Waals surface area contributed by atoms with Crippen molar-refractivity contribution in [2.75, 3.05) is 19.7 Å². The van der Waals surface area contributed by atoms with Gasteiger partial charge >= 0.3 is 0 Å². The van der Waals surface area contributed by atoms with E-state index in [9.17, 15) is 4.79 Å². The van der Waals surface area contributed by atoms with Gasteiger partial charge in [0.1, 0.15) is 6.10 Å². The van der Waals surface area contributed by atoms with Gasteiger partial charge in [0, 0.05) is 31.3 Å². The van der Waals surface area contributed by atoms with Crippen LogP contribution in [0, 0.1) is 17.3 Å². The molecule has 1 amide bonds. The zero-order valence-corrected chi connectivity index (χ0v) is 16.5. The second-order valence-corrected chi connectivity index (χ2v) is 10.3. The predicted molar refractivity (Wildman–Crippen MR) is 102 cm³/mol. The first kappa shape index (κ1) is 17.5. The highest BCUT2D eigenvalue weighted by molar-refractivity contribution is 5.81. The quantitative estimate of drug-likeness (QED) is 0.834. The zero-order chi connectivity index (χ0) is 17.8. The third-order valence-corrected chi connectivity index (χ3v) is 8.45. The van der Waals surface area contributed by atoms with E-state index >= 15 is 0 Å². The molecule has 1 N–H and O–H groups in total. The van der Waals surface area contributed by atoms with Gasteiger partial charge in [-0.25, -0.2) is 0 Å². The molecule has 6 aliphatic rings. The van der Waals surface area contributed by atoms with Crippen LogP contribution in [0.3, 0.4) is 0 Å².